The molecule has 2 aliphatic heterocycles. The lowest BCUT2D eigenvalue weighted by Gasteiger charge is -2.40. The predicted molar refractivity (Wildman–Crippen MR) is 139 cm³/mol. The number of para-hydroxylation sites is 1. The van der Waals surface area contributed by atoms with E-state index in [0.29, 0.717) is 25.2 Å². The molecule has 0 spiro atoms. The maximum absolute atomic E-state index is 15.0. The van der Waals surface area contributed by atoms with Crippen molar-refractivity contribution in [3.8, 4) is 11.5 Å². The zero-order valence-corrected chi connectivity index (χ0v) is 21.1. The summed E-state index contributed by atoms with van der Waals surface area (Å²) in [5, 5.41) is 3.62. The SMILES string of the molecule is CNC(C1CCCCC1)C(CCN1CCN(c2cccc3c2OCCO3)CC1)c1ccccc1F. The average Bonchev–Trinajstić information content (AvgIpc) is 2.92. The summed E-state index contributed by atoms with van der Waals surface area (Å²) in [4.78, 5) is 4.96. The molecule has 2 aromatic rings. The van der Waals surface area contributed by atoms with Gasteiger partial charge in [-0.15, -0.1) is 0 Å². The van der Waals surface area contributed by atoms with Gasteiger partial charge in [-0.05, 0) is 62.5 Å². The van der Waals surface area contributed by atoms with Crippen LogP contribution in [0.2, 0.25) is 0 Å². The number of benzene rings is 2. The number of piperazine rings is 1. The maximum atomic E-state index is 15.0. The summed E-state index contributed by atoms with van der Waals surface area (Å²) in [5.41, 5.74) is 2.02. The van der Waals surface area contributed by atoms with Gasteiger partial charge in [-0.1, -0.05) is 43.5 Å². The van der Waals surface area contributed by atoms with E-state index in [1.165, 1.54) is 32.1 Å². The third-order valence-electron chi connectivity index (χ3n) is 8.24. The summed E-state index contributed by atoms with van der Waals surface area (Å²) in [6.07, 6.45) is 7.41. The minimum Gasteiger partial charge on any atom is -0.486 e. The van der Waals surface area contributed by atoms with Crippen LogP contribution in [0.15, 0.2) is 42.5 Å². The lowest BCUT2D eigenvalue weighted by molar-refractivity contribution is 0.171. The van der Waals surface area contributed by atoms with E-state index >= 15 is 0 Å². The Morgan fingerprint density at radius 3 is 2.49 bits per heavy atom. The molecule has 6 heteroatoms. The molecule has 3 aliphatic rings. The fourth-order valence-corrected chi connectivity index (χ4v) is 6.40. The van der Waals surface area contributed by atoms with Crippen LogP contribution in [-0.4, -0.2) is 63.9 Å². The summed E-state index contributed by atoms with van der Waals surface area (Å²) < 4.78 is 26.7. The Labute approximate surface area is 209 Å². The molecule has 35 heavy (non-hydrogen) atoms. The van der Waals surface area contributed by atoms with Gasteiger partial charge in [0.2, 0.25) is 0 Å². The number of likely N-dealkylation sites (N-methyl/N-ethyl adjacent to an activating group) is 1. The number of hydrogen-bond acceptors (Lipinski definition) is 5. The molecule has 1 saturated heterocycles. The zero-order valence-electron chi connectivity index (χ0n) is 21.1. The van der Waals surface area contributed by atoms with Crippen LogP contribution < -0.4 is 19.7 Å². The number of nitrogens with zero attached hydrogens (tertiary/aromatic N) is 2. The van der Waals surface area contributed by atoms with Gasteiger partial charge in [-0.25, -0.2) is 4.39 Å². The standard InChI is InChI=1S/C29H40FN3O2/c1-31-28(22-8-3-2-4-9-22)24(23-10-5-6-11-25(23)30)14-15-32-16-18-33(19-17-32)26-12-7-13-27-29(26)35-21-20-34-27/h5-7,10-13,22,24,28,31H,2-4,8-9,14-21H2,1H3. The molecule has 1 saturated carbocycles. The van der Waals surface area contributed by atoms with Gasteiger partial charge in [-0.2, -0.15) is 0 Å². The summed E-state index contributed by atoms with van der Waals surface area (Å²) in [6.45, 7) is 6.13. The van der Waals surface area contributed by atoms with E-state index in [4.69, 9.17) is 9.47 Å². The van der Waals surface area contributed by atoms with Crippen molar-refractivity contribution in [2.75, 3.05) is 57.9 Å². The molecule has 1 aliphatic carbocycles. The van der Waals surface area contributed by atoms with E-state index < -0.39 is 0 Å². The number of ether oxygens (including phenoxy) is 2. The molecule has 0 amide bonds. The minimum atomic E-state index is -0.0607. The van der Waals surface area contributed by atoms with Crippen LogP contribution in [0.4, 0.5) is 10.1 Å². The molecule has 0 radical (unpaired) electrons. The quantitative estimate of drug-likeness (QED) is 0.570. The first-order valence-electron chi connectivity index (χ1n) is 13.5. The highest BCUT2D eigenvalue weighted by atomic mass is 19.1. The van der Waals surface area contributed by atoms with Gasteiger partial charge < -0.3 is 19.7 Å². The third-order valence-corrected chi connectivity index (χ3v) is 8.24. The van der Waals surface area contributed by atoms with Crippen molar-refractivity contribution in [3.63, 3.8) is 0 Å². The molecule has 2 atom stereocenters. The van der Waals surface area contributed by atoms with Gasteiger partial charge in [0, 0.05) is 38.1 Å². The molecule has 0 aromatic heterocycles. The molecular formula is C29H40FN3O2. The van der Waals surface area contributed by atoms with Gasteiger partial charge in [-0.3, -0.25) is 4.90 Å². The van der Waals surface area contributed by atoms with Crippen molar-refractivity contribution in [2.45, 2.75) is 50.5 Å². The highest BCUT2D eigenvalue weighted by Gasteiger charge is 2.32. The third kappa shape index (κ3) is 5.59. The Balaban J connectivity index is 1.24. The molecule has 2 fully saturated rings. The van der Waals surface area contributed by atoms with Crippen molar-refractivity contribution in [1.82, 2.24) is 10.2 Å². The Morgan fingerprint density at radius 2 is 1.71 bits per heavy atom. The van der Waals surface area contributed by atoms with Gasteiger partial charge in [0.15, 0.2) is 11.5 Å². The van der Waals surface area contributed by atoms with Crippen molar-refractivity contribution in [3.05, 3.63) is 53.8 Å². The summed E-state index contributed by atoms with van der Waals surface area (Å²) >= 11 is 0. The second kappa shape index (κ2) is 11.6. The van der Waals surface area contributed by atoms with Crippen LogP contribution in [0.5, 0.6) is 11.5 Å². The number of halogens is 1. The van der Waals surface area contributed by atoms with E-state index in [-0.39, 0.29) is 11.7 Å². The summed E-state index contributed by atoms with van der Waals surface area (Å²) in [6, 6.07) is 13.9. The largest absolute Gasteiger partial charge is 0.486 e. The zero-order chi connectivity index (χ0) is 24.0. The number of hydrogen-bond donors (Lipinski definition) is 1. The highest BCUT2D eigenvalue weighted by Crippen LogP contribution is 2.40. The molecule has 1 N–H and O–H groups in total. The number of nitrogens with one attached hydrogen (secondary N) is 1. The van der Waals surface area contributed by atoms with Crippen LogP contribution in [0.1, 0.15) is 50.0 Å². The first kappa shape index (κ1) is 24.4. The first-order valence-corrected chi connectivity index (χ1v) is 13.5. The van der Waals surface area contributed by atoms with E-state index in [1.54, 1.807) is 12.1 Å². The number of fused-ring (bicyclic) bond motifs is 1. The Kier molecular flexibility index (Phi) is 8.09. The van der Waals surface area contributed by atoms with Crippen molar-refractivity contribution in [1.29, 1.82) is 0 Å². The van der Waals surface area contributed by atoms with Crippen molar-refractivity contribution >= 4 is 5.69 Å². The lowest BCUT2D eigenvalue weighted by atomic mass is 9.75. The topological polar surface area (TPSA) is 37.0 Å². The van der Waals surface area contributed by atoms with E-state index in [1.807, 2.05) is 18.2 Å². The number of rotatable bonds is 8. The van der Waals surface area contributed by atoms with E-state index in [0.717, 1.165) is 61.9 Å². The van der Waals surface area contributed by atoms with Gasteiger partial charge in [0.1, 0.15) is 19.0 Å². The van der Waals surface area contributed by atoms with E-state index in [9.17, 15) is 4.39 Å². The van der Waals surface area contributed by atoms with Crippen molar-refractivity contribution in [2.24, 2.45) is 5.92 Å². The molecule has 190 valence electrons. The fraction of sp³-hybridized carbons (Fsp3) is 0.586. The lowest BCUT2D eigenvalue weighted by Crippen LogP contribution is -2.48. The van der Waals surface area contributed by atoms with Gasteiger partial charge in [0.05, 0.1) is 5.69 Å². The number of anilines is 1. The normalized spacial score (nSPS) is 21.0. The molecule has 5 rings (SSSR count). The maximum Gasteiger partial charge on any atom is 0.184 e. The van der Waals surface area contributed by atoms with Crippen LogP contribution >= 0.6 is 0 Å². The Hall–Kier alpha value is -2.31. The summed E-state index contributed by atoms with van der Waals surface area (Å²) in [7, 11) is 2.07. The van der Waals surface area contributed by atoms with Crippen molar-refractivity contribution < 1.29 is 13.9 Å². The second-order valence-corrected chi connectivity index (χ2v) is 10.3. The van der Waals surface area contributed by atoms with Crippen LogP contribution in [-0.2, 0) is 0 Å². The molecule has 5 nitrogen and oxygen atoms in total. The predicted octanol–water partition coefficient (Wildman–Crippen LogP) is 5.06. The first-order chi connectivity index (χ1) is 17.2. The van der Waals surface area contributed by atoms with E-state index in [2.05, 4.69) is 34.3 Å². The summed E-state index contributed by atoms with van der Waals surface area (Å²) in [5.74, 6) is 2.49. The monoisotopic (exact) mass is 481 g/mol. The fourth-order valence-electron chi connectivity index (χ4n) is 6.40. The Bertz CT molecular complexity index is 957. The van der Waals surface area contributed by atoms with Crippen LogP contribution in [0.3, 0.4) is 0 Å². The molecular weight excluding hydrogens is 441 g/mol. The van der Waals surface area contributed by atoms with Gasteiger partial charge >= 0.3 is 0 Å². The average molecular weight is 482 g/mol. The molecule has 2 heterocycles. The van der Waals surface area contributed by atoms with Crippen LogP contribution in [0, 0.1) is 11.7 Å². The molecule has 0 bridgehead atoms. The second-order valence-electron chi connectivity index (χ2n) is 10.3. The highest BCUT2D eigenvalue weighted by molar-refractivity contribution is 5.65. The molecule has 2 aromatic carbocycles. The minimum absolute atomic E-state index is 0.0607. The molecule has 2 unspecified atom stereocenters. The Morgan fingerprint density at radius 1 is 0.943 bits per heavy atom. The smallest absolute Gasteiger partial charge is 0.184 e. The van der Waals surface area contributed by atoms with Gasteiger partial charge in [0.25, 0.3) is 0 Å². The van der Waals surface area contributed by atoms with Crippen LogP contribution in [0.25, 0.3) is 0 Å².